The van der Waals surface area contributed by atoms with Crippen molar-refractivity contribution in [1.82, 2.24) is 10.1 Å². The molecular formula is C16H22FN3O. The number of rotatable bonds is 5. The third kappa shape index (κ3) is 3.47. The zero-order valence-corrected chi connectivity index (χ0v) is 12.9. The molecule has 0 amide bonds. The Hall–Kier alpha value is -1.75. The van der Waals surface area contributed by atoms with Crippen molar-refractivity contribution in [3.8, 4) is 0 Å². The standard InChI is InChI=1S/C16H22FN3O/c1-10(2)9-13(18)14-19-15(20-21-14)16(3,4)11-5-7-12(17)8-6-11/h5-8,10,13H,9,18H2,1-4H3/t13-/m0/s1. The van der Waals surface area contributed by atoms with E-state index in [9.17, 15) is 4.39 Å². The number of nitrogens with two attached hydrogens (primary N) is 1. The topological polar surface area (TPSA) is 64.9 Å². The fourth-order valence-electron chi connectivity index (χ4n) is 2.24. The molecule has 2 aromatic rings. The maximum Gasteiger partial charge on any atom is 0.243 e. The normalized spacial score (nSPS) is 13.7. The second-order valence-electron chi connectivity index (χ2n) is 6.32. The van der Waals surface area contributed by atoms with Gasteiger partial charge in [-0.15, -0.1) is 0 Å². The molecule has 0 aliphatic carbocycles. The number of hydrogen-bond acceptors (Lipinski definition) is 4. The maximum atomic E-state index is 13.0. The van der Waals surface area contributed by atoms with E-state index in [4.69, 9.17) is 10.3 Å². The van der Waals surface area contributed by atoms with Crippen LogP contribution in [0.3, 0.4) is 0 Å². The van der Waals surface area contributed by atoms with Crippen LogP contribution >= 0.6 is 0 Å². The van der Waals surface area contributed by atoms with Crippen molar-refractivity contribution in [1.29, 1.82) is 0 Å². The maximum absolute atomic E-state index is 13.0. The molecular weight excluding hydrogens is 269 g/mol. The summed E-state index contributed by atoms with van der Waals surface area (Å²) in [4.78, 5) is 4.44. The lowest BCUT2D eigenvalue weighted by atomic mass is 9.84. The first kappa shape index (κ1) is 15.6. The first-order chi connectivity index (χ1) is 9.80. The number of nitrogens with zero attached hydrogens (tertiary/aromatic N) is 2. The number of hydrogen-bond donors (Lipinski definition) is 1. The first-order valence-corrected chi connectivity index (χ1v) is 7.16. The molecule has 5 heteroatoms. The second-order valence-corrected chi connectivity index (χ2v) is 6.32. The van der Waals surface area contributed by atoms with Gasteiger partial charge in [0, 0.05) is 0 Å². The highest BCUT2D eigenvalue weighted by Crippen LogP contribution is 2.30. The Bertz CT molecular complexity index is 590. The molecule has 0 aliphatic rings. The van der Waals surface area contributed by atoms with Gasteiger partial charge in [0.1, 0.15) is 5.82 Å². The van der Waals surface area contributed by atoms with Crippen LogP contribution in [-0.2, 0) is 5.41 Å². The van der Waals surface area contributed by atoms with Crippen LogP contribution in [-0.4, -0.2) is 10.1 Å². The Morgan fingerprint density at radius 1 is 1.24 bits per heavy atom. The molecule has 1 aromatic heterocycles. The molecule has 2 N–H and O–H groups in total. The summed E-state index contributed by atoms with van der Waals surface area (Å²) in [6, 6.07) is 6.08. The summed E-state index contributed by atoms with van der Waals surface area (Å²) in [5.74, 6) is 1.21. The van der Waals surface area contributed by atoms with Gasteiger partial charge in [-0.3, -0.25) is 0 Å². The van der Waals surface area contributed by atoms with Crippen molar-refractivity contribution >= 4 is 0 Å². The SMILES string of the molecule is CC(C)C[C@H](N)c1nc(C(C)(C)c2ccc(F)cc2)no1. The minimum absolute atomic E-state index is 0.254. The van der Waals surface area contributed by atoms with E-state index < -0.39 is 5.41 Å². The van der Waals surface area contributed by atoms with Crippen molar-refractivity contribution in [2.24, 2.45) is 11.7 Å². The average Bonchev–Trinajstić information content (AvgIpc) is 2.88. The molecule has 0 unspecified atom stereocenters. The highest BCUT2D eigenvalue weighted by atomic mass is 19.1. The van der Waals surface area contributed by atoms with Crippen LogP contribution < -0.4 is 5.73 Å². The van der Waals surface area contributed by atoms with Crippen LogP contribution in [0.15, 0.2) is 28.8 Å². The van der Waals surface area contributed by atoms with Crippen molar-refractivity contribution in [2.45, 2.75) is 45.6 Å². The third-order valence-corrected chi connectivity index (χ3v) is 3.61. The summed E-state index contributed by atoms with van der Waals surface area (Å²) < 4.78 is 18.3. The molecule has 2 rings (SSSR count). The summed E-state index contributed by atoms with van der Waals surface area (Å²) in [6.07, 6.45) is 0.790. The zero-order chi connectivity index (χ0) is 15.6. The van der Waals surface area contributed by atoms with Gasteiger partial charge in [0.2, 0.25) is 5.89 Å². The summed E-state index contributed by atoms with van der Waals surface area (Å²) in [7, 11) is 0. The van der Waals surface area contributed by atoms with E-state index in [1.165, 1.54) is 12.1 Å². The number of aromatic nitrogens is 2. The Morgan fingerprint density at radius 3 is 2.43 bits per heavy atom. The summed E-state index contributed by atoms with van der Waals surface area (Å²) in [6.45, 7) is 8.14. The summed E-state index contributed by atoms with van der Waals surface area (Å²) in [5.41, 5.74) is 6.52. The number of halogens is 1. The van der Waals surface area contributed by atoms with Crippen LogP contribution in [0, 0.1) is 11.7 Å². The van der Waals surface area contributed by atoms with Gasteiger partial charge in [0.15, 0.2) is 5.82 Å². The Labute approximate surface area is 124 Å². The molecule has 0 aliphatic heterocycles. The second kappa shape index (κ2) is 5.93. The minimum atomic E-state index is -0.465. The third-order valence-electron chi connectivity index (χ3n) is 3.61. The van der Waals surface area contributed by atoms with E-state index >= 15 is 0 Å². The van der Waals surface area contributed by atoms with Crippen LogP contribution in [0.5, 0.6) is 0 Å². The fourth-order valence-corrected chi connectivity index (χ4v) is 2.24. The van der Waals surface area contributed by atoms with Gasteiger partial charge in [0.05, 0.1) is 11.5 Å². The monoisotopic (exact) mass is 291 g/mol. The van der Waals surface area contributed by atoms with Crippen molar-refractivity contribution < 1.29 is 8.91 Å². The Balaban J connectivity index is 2.25. The van der Waals surface area contributed by atoms with Crippen LogP contribution in [0.4, 0.5) is 4.39 Å². The number of benzene rings is 1. The molecule has 0 saturated heterocycles. The molecule has 0 bridgehead atoms. The van der Waals surface area contributed by atoms with Gasteiger partial charge in [-0.1, -0.05) is 31.1 Å². The molecule has 0 fully saturated rings. The van der Waals surface area contributed by atoms with Gasteiger partial charge >= 0.3 is 0 Å². The molecule has 1 atom stereocenters. The lowest BCUT2D eigenvalue weighted by Gasteiger charge is -2.20. The van der Waals surface area contributed by atoms with Gasteiger partial charge in [-0.25, -0.2) is 4.39 Å². The summed E-state index contributed by atoms with van der Waals surface area (Å²) >= 11 is 0. The predicted octanol–water partition coefficient (Wildman–Crippen LogP) is 3.58. The molecule has 0 saturated carbocycles. The van der Waals surface area contributed by atoms with Crippen molar-refractivity contribution in [2.75, 3.05) is 0 Å². The van der Waals surface area contributed by atoms with Gasteiger partial charge in [0.25, 0.3) is 0 Å². The Morgan fingerprint density at radius 2 is 1.86 bits per heavy atom. The van der Waals surface area contributed by atoms with E-state index in [2.05, 4.69) is 24.0 Å². The van der Waals surface area contributed by atoms with E-state index in [0.717, 1.165) is 12.0 Å². The highest BCUT2D eigenvalue weighted by Gasteiger charge is 2.30. The molecule has 114 valence electrons. The smallest absolute Gasteiger partial charge is 0.243 e. The van der Waals surface area contributed by atoms with Crippen molar-refractivity contribution in [3.05, 3.63) is 47.4 Å². The van der Waals surface area contributed by atoms with Gasteiger partial charge in [-0.05, 0) is 43.9 Å². The van der Waals surface area contributed by atoms with Crippen molar-refractivity contribution in [3.63, 3.8) is 0 Å². The molecule has 0 spiro atoms. The van der Waals surface area contributed by atoms with Crippen LogP contribution in [0.1, 0.15) is 57.4 Å². The van der Waals surface area contributed by atoms with E-state index in [1.807, 2.05) is 13.8 Å². The molecule has 4 nitrogen and oxygen atoms in total. The van der Waals surface area contributed by atoms with E-state index in [-0.39, 0.29) is 11.9 Å². The summed E-state index contributed by atoms with van der Waals surface area (Å²) in [5, 5.41) is 4.06. The first-order valence-electron chi connectivity index (χ1n) is 7.16. The fraction of sp³-hybridized carbons (Fsp3) is 0.500. The lowest BCUT2D eigenvalue weighted by molar-refractivity contribution is 0.329. The van der Waals surface area contributed by atoms with Crippen LogP contribution in [0.2, 0.25) is 0 Å². The highest BCUT2D eigenvalue weighted by molar-refractivity contribution is 5.30. The zero-order valence-electron chi connectivity index (χ0n) is 12.9. The lowest BCUT2D eigenvalue weighted by Crippen LogP contribution is -2.21. The quantitative estimate of drug-likeness (QED) is 0.914. The van der Waals surface area contributed by atoms with Crippen LogP contribution in [0.25, 0.3) is 0 Å². The minimum Gasteiger partial charge on any atom is -0.338 e. The average molecular weight is 291 g/mol. The molecule has 21 heavy (non-hydrogen) atoms. The van der Waals surface area contributed by atoms with Gasteiger partial charge < -0.3 is 10.3 Å². The molecule has 1 aromatic carbocycles. The predicted molar refractivity (Wildman–Crippen MR) is 79.2 cm³/mol. The molecule has 0 radical (unpaired) electrons. The van der Waals surface area contributed by atoms with E-state index in [1.54, 1.807) is 12.1 Å². The van der Waals surface area contributed by atoms with E-state index in [0.29, 0.717) is 17.6 Å². The van der Waals surface area contributed by atoms with Gasteiger partial charge in [-0.2, -0.15) is 4.98 Å². The molecule has 1 heterocycles. The largest absolute Gasteiger partial charge is 0.338 e. The Kier molecular flexibility index (Phi) is 4.42.